The Hall–Kier alpha value is -3.18. The van der Waals surface area contributed by atoms with E-state index in [9.17, 15) is 14.4 Å². The number of benzene rings is 3. The van der Waals surface area contributed by atoms with Crippen molar-refractivity contribution >= 4 is 28.3 Å². The first-order chi connectivity index (χ1) is 16.8. The molecule has 8 heteroatoms. The molecule has 1 atom stereocenters. The third-order valence-electron chi connectivity index (χ3n) is 6.91. The van der Waals surface area contributed by atoms with Crippen LogP contribution in [0.15, 0.2) is 48.5 Å². The van der Waals surface area contributed by atoms with E-state index in [1.807, 2.05) is 38.2 Å². The van der Waals surface area contributed by atoms with Crippen molar-refractivity contribution in [1.82, 2.24) is 15.1 Å². The van der Waals surface area contributed by atoms with Crippen LogP contribution in [0, 0.1) is 17.1 Å². The average molecular weight is 495 g/mol. The zero-order valence-corrected chi connectivity index (χ0v) is 20.8. The molecule has 182 valence electrons. The maximum absolute atomic E-state index is 14.0. The standard InChI is InChI=1S/C27H28ClFN4O2/c1-27(33-12-10-32(2)11-13-33,20-8-9-24(29)23(28)15-20)26(34)31-17-22-21-7-5-4-6-18(21)14-19(16-30)25(22)35-3/h4-9,14-15H,10-13,17H2,1-3H3,(H,31,34). The van der Waals surface area contributed by atoms with Crippen molar-refractivity contribution in [3.8, 4) is 11.8 Å². The van der Waals surface area contributed by atoms with Crippen LogP contribution in [0.2, 0.25) is 5.02 Å². The zero-order chi connectivity index (χ0) is 25.2. The van der Waals surface area contributed by atoms with E-state index in [1.165, 1.54) is 19.2 Å². The van der Waals surface area contributed by atoms with Crippen LogP contribution < -0.4 is 10.1 Å². The Bertz CT molecular complexity index is 1300. The number of hydrogen-bond acceptors (Lipinski definition) is 5. The largest absolute Gasteiger partial charge is 0.495 e. The van der Waals surface area contributed by atoms with Gasteiger partial charge in [-0.25, -0.2) is 4.39 Å². The monoisotopic (exact) mass is 494 g/mol. The molecule has 1 saturated heterocycles. The number of fused-ring (bicyclic) bond motifs is 1. The van der Waals surface area contributed by atoms with E-state index in [0.717, 1.165) is 29.4 Å². The fourth-order valence-corrected chi connectivity index (χ4v) is 4.93. The van der Waals surface area contributed by atoms with Gasteiger partial charge >= 0.3 is 0 Å². The van der Waals surface area contributed by atoms with E-state index < -0.39 is 11.4 Å². The lowest BCUT2D eigenvalue weighted by atomic mass is 9.87. The number of nitriles is 1. The highest BCUT2D eigenvalue weighted by atomic mass is 35.5. The average Bonchev–Trinajstić information content (AvgIpc) is 2.87. The number of nitrogens with zero attached hydrogens (tertiary/aromatic N) is 3. The minimum Gasteiger partial charge on any atom is -0.495 e. The van der Waals surface area contributed by atoms with Crippen LogP contribution in [0.5, 0.6) is 5.75 Å². The third kappa shape index (κ3) is 4.70. The van der Waals surface area contributed by atoms with Crippen LogP contribution >= 0.6 is 11.6 Å². The molecule has 1 aliphatic heterocycles. The van der Waals surface area contributed by atoms with Gasteiger partial charge in [0.2, 0.25) is 5.91 Å². The molecular formula is C27H28ClFN4O2. The van der Waals surface area contributed by atoms with Crippen LogP contribution in [0.1, 0.15) is 23.6 Å². The molecule has 4 rings (SSSR count). The molecule has 35 heavy (non-hydrogen) atoms. The van der Waals surface area contributed by atoms with E-state index >= 15 is 0 Å². The minimum absolute atomic E-state index is 0.0231. The maximum atomic E-state index is 14.0. The van der Waals surface area contributed by atoms with Crippen molar-refractivity contribution in [3.05, 3.63) is 76.1 Å². The molecule has 1 unspecified atom stereocenters. The van der Waals surface area contributed by atoms with E-state index in [-0.39, 0.29) is 17.5 Å². The Morgan fingerprint density at radius 2 is 1.91 bits per heavy atom. The van der Waals surface area contributed by atoms with E-state index in [1.54, 1.807) is 12.1 Å². The van der Waals surface area contributed by atoms with Gasteiger partial charge in [0.1, 0.15) is 23.2 Å². The second-order valence-corrected chi connectivity index (χ2v) is 9.35. The Labute approximate surface area is 209 Å². The van der Waals surface area contributed by atoms with E-state index in [4.69, 9.17) is 16.3 Å². The number of piperazine rings is 1. The smallest absolute Gasteiger partial charge is 0.245 e. The summed E-state index contributed by atoms with van der Waals surface area (Å²) in [5.41, 5.74) is 0.679. The fraction of sp³-hybridized carbons (Fsp3) is 0.333. The lowest BCUT2D eigenvalue weighted by Crippen LogP contribution is -2.59. The minimum atomic E-state index is -1.07. The van der Waals surface area contributed by atoms with Gasteiger partial charge in [-0.15, -0.1) is 0 Å². The Balaban J connectivity index is 1.72. The summed E-state index contributed by atoms with van der Waals surface area (Å²) in [6.07, 6.45) is 0. The highest BCUT2D eigenvalue weighted by Crippen LogP contribution is 2.34. The Morgan fingerprint density at radius 1 is 1.20 bits per heavy atom. The number of halogens is 2. The molecule has 1 fully saturated rings. The summed E-state index contributed by atoms with van der Waals surface area (Å²) in [6.45, 7) is 4.96. The fourth-order valence-electron chi connectivity index (χ4n) is 4.75. The molecule has 3 aromatic rings. The second kappa shape index (κ2) is 10.2. The first-order valence-corrected chi connectivity index (χ1v) is 11.8. The van der Waals surface area contributed by atoms with Gasteiger partial charge in [-0.2, -0.15) is 5.26 Å². The summed E-state index contributed by atoms with van der Waals surface area (Å²) >= 11 is 6.12. The first kappa shape index (κ1) is 24.9. The molecule has 1 heterocycles. The van der Waals surface area contributed by atoms with Crippen molar-refractivity contribution < 1.29 is 13.9 Å². The second-order valence-electron chi connectivity index (χ2n) is 8.94. The summed E-state index contributed by atoms with van der Waals surface area (Å²) in [7, 11) is 3.56. The van der Waals surface area contributed by atoms with E-state index in [0.29, 0.717) is 30.0 Å². The molecule has 0 spiro atoms. The molecule has 0 radical (unpaired) electrons. The molecule has 0 aromatic heterocycles. The van der Waals surface area contributed by atoms with Gasteiger partial charge in [0, 0.05) is 38.3 Å². The number of carbonyl (C=O) groups is 1. The number of amides is 1. The third-order valence-corrected chi connectivity index (χ3v) is 7.20. The number of hydrogen-bond donors (Lipinski definition) is 1. The van der Waals surface area contributed by atoms with Crippen molar-refractivity contribution in [2.45, 2.75) is 19.0 Å². The number of likely N-dealkylation sites (N-methyl/N-ethyl adjacent to an activating group) is 1. The van der Waals surface area contributed by atoms with Crippen LogP contribution in [0.25, 0.3) is 10.8 Å². The number of rotatable bonds is 6. The van der Waals surface area contributed by atoms with Gasteiger partial charge in [-0.1, -0.05) is 41.9 Å². The van der Waals surface area contributed by atoms with Gasteiger partial charge in [0.25, 0.3) is 0 Å². The van der Waals surface area contributed by atoms with Crippen LogP contribution in [0.3, 0.4) is 0 Å². The molecule has 1 amide bonds. The Kier molecular flexibility index (Phi) is 7.27. The van der Waals surface area contributed by atoms with Crippen LogP contribution in [0.4, 0.5) is 4.39 Å². The SMILES string of the molecule is COc1c(C#N)cc2ccccc2c1CNC(=O)C(C)(c1ccc(F)c(Cl)c1)N1CCN(C)CC1. The number of carbonyl (C=O) groups excluding carboxylic acids is 1. The normalized spacial score (nSPS) is 16.5. The molecule has 0 bridgehead atoms. The van der Waals surface area contributed by atoms with Crippen molar-refractivity contribution in [3.63, 3.8) is 0 Å². The highest BCUT2D eigenvalue weighted by Gasteiger charge is 2.42. The molecule has 6 nitrogen and oxygen atoms in total. The molecule has 1 aliphatic rings. The van der Waals surface area contributed by atoms with Crippen LogP contribution in [-0.2, 0) is 16.9 Å². The maximum Gasteiger partial charge on any atom is 0.245 e. The highest BCUT2D eigenvalue weighted by molar-refractivity contribution is 6.30. The number of ether oxygens (including phenoxy) is 1. The lowest BCUT2D eigenvalue weighted by molar-refractivity contribution is -0.135. The summed E-state index contributed by atoms with van der Waals surface area (Å²) in [6, 6.07) is 16.1. The molecule has 1 N–H and O–H groups in total. The molecular weight excluding hydrogens is 467 g/mol. The number of methoxy groups -OCH3 is 1. The lowest BCUT2D eigenvalue weighted by Gasteiger charge is -2.44. The van der Waals surface area contributed by atoms with Crippen molar-refractivity contribution in [2.24, 2.45) is 0 Å². The molecule has 3 aromatic carbocycles. The van der Waals surface area contributed by atoms with Gasteiger partial charge < -0.3 is 15.0 Å². The van der Waals surface area contributed by atoms with Gasteiger partial charge in [-0.05, 0) is 48.5 Å². The first-order valence-electron chi connectivity index (χ1n) is 11.5. The van der Waals surface area contributed by atoms with Crippen LogP contribution in [-0.4, -0.2) is 56.0 Å². The summed E-state index contributed by atoms with van der Waals surface area (Å²) in [5, 5.41) is 14.5. The van der Waals surface area contributed by atoms with Crippen molar-refractivity contribution in [2.75, 3.05) is 40.3 Å². The summed E-state index contributed by atoms with van der Waals surface area (Å²) in [5.74, 6) is -0.322. The molecule has 0 saturated carbocycles. The predicted octanol–water partition coefficient (Wildman–Crippen LogP) is 4.29. The van der Waals surface area contributed by atoms with E-state index in [2.05, 4.69) is 21.2 Å². The van der Waals surface area contributed by atoms with Crippen molar-refractivity contribution in [1.29, 1.82) is 5.26 Å². The summed E-state index contributed by atoms with van der Waals surface area (Å²) < 4.78 is 19.5. The van der Waals surface area contributed by atoms with Gasteiger partial charge in [0.05, 0.1) is 17.7 Å². The summed E-state index contributed by atoms with van der Waals surface area (Å²) in [4.78, 5) is 18.2. The Morgan fingerprint density at radius 3 is 2.57 bits per heavy atom. The topological polar surface area (TPSA) is 68.6 Å². The molecule has 0 aliphatic carbocycles. The number of nitrogens with one attached hydrogen (secondary N) is 1. The predicted molar refractivity (Wildman–Crippen MR) is 135 cm³/mol. The quantitative estimate of drug-likeness (QED) is 0.553. The zero-order valence-electron chi connectivity index (χ0n) is 20.1. The van der Waals surface area contributed by atoms with Gasteiger partial charge in [-0.3, -0.25) is 9.69 Å². The van der Waals surface area contributed by atoms with Gasteiger partial charge in [0.15, 0.2) is 0 Å².